The number of ether oxygens (including phenoxy) is 2. The SMILES string of the molecule is COC(=O)C[C@H]1CN(Cc2ccccc2)C[C@@H](C)N1CC(=O)OC. The minimum Gasteiger partial charge on any atom is -0.469 e. The van der Waals surface area contributed by atoms with E-state index in [1.54, 1.807) is 0 Å². The van der Waals surface area contributed by atoms with Gasteiger partial charge in [0.25, 0.3) is 0 Å². The van der Waals surface area contributed by atoms with Gasteiger partial charge in [-0.3, -0.25) is 19.4 Å². The van der Waals surface area contributed by atoms with Gasteiger partial charge in [-0.05, 0) is 12.5 Å². The zero-order chi connectivity index (χ0) is 17.5. The van der Waals surface area contributed by atoms with Gasteiger partial charge in [0.15, 0.2) is 0 Å². The summed E-state index contributed by atoms with van der Waals surface area (Å²) in [6, 6.07) is 10.3. The van der Waals surface area contributed by atoms with Crippen LogP contribution in [0.5, 0.6) is 0 Å². The summed E-state index contributed by atoms with van der Waals surface area (Å²) in [5, 5.41) is 0. The van der Waals surface area contributed by atoms with E-state index in [1.807, 2.05) is 23.1 Å². The number of hydrogen-bond acceptors (Lipinski definition) is 6. The molecule has 0 unspecified atom stereocenters. The van der Waals surface area contributed by atoms with Gasteiger partial charge in [0.05, 0.1) is 27.2 Å². The fraction of sp³-hybridized carbons (Fsp3) is 0.556. The fourth-order valence-electron chi connectivity index (χ4n) is 3.24. The van der Waals surface area contributed by atoms with Gasteiger partial charge < -0.3 is 9.47 Å². The molecular weight excluding hydrogens is 308 g/mol. The Balaban J connectivity index is 2.08. The van der Waals surface area contributed by atoms with Gasteiger partial charge in [0.2, 0.25) is 0 Å². The topological polar surface area (TPSA) is 59.1 Å². The van der Waals surface area contributed by atoms with Crippen molar-refractivity contribution >= 4 is 11.9 Å². The number of nitrogens with zero attached hydrogens (tertiary/aromatic N) is 2. The summed E-state index contributed by atoms with van der Waals surface area (Å²) in [7, 11) is 2.77. The highest BCUT2D eigenvalue weighted by molar-refractivity contribution is 5.72. The molecule has 1 aliphatic heterocycles. The van der Waals surface area contributed by atoms with Gasteiger partial charge >= 0.3 is 11.9 Å². The third-order valence-electron chi connectivity index (χ3n) is 4.44. The quantitative estimate of drug-likeness (QED) is 0.731. The number of rotatable bonds is 6. The molecule has 6 nitrogen and oxygen atoms in total. The first-order valence-corrected chi connectivity index (χ1v) is 8.19. The average Bonchev–Trinajstić information content (AvgIpc) is 2.58. The Morgan fingerprint density at radius 3 is 2.38 bits per heavy atom. The molecule has 0 N–H and O–H groups in total. The minimum atomic E-state index is -0.284. The van der Waals surface area contributed by atoms with Gasteiger partial charge in [0, 0.05) is 31.7 Å². The van der Waals surface area contributed by atoms with Gasteiger partial charge in [-0.25, -0.2) is 0 Å². The molecule has 0 aromatic heterocycles. The van der Waals surface area contributed by atoms with Crippen LogP contribution < -0.4 is 0 Å². The maximum Gasteiger partial charge on any atom is 0.319 e. The second-order valence-corrected chi connectivity index (χ2v) is 6.21. The first-order valence-electron chi connectivity index (χ1n) is 8.19. The van der Waals surface area contributed by atoms with Crippen molar-refractivity contribution in [3.63, 3.8) is 0 Å². The van der Waals surface area contributed by atoms with Crippen molar-refractivity contribution < 1.29 is 19.1 Å². The van der Waals surface area contributed by atoms with E-state index in [-0.39, 0.29) is 37.0 Å². The maximum absolute atomic E-state index is 11.8. The van der Waals surface area contributed by atoms with Crippen molar-refractivity contribution in [2.45, 2.75) is 32.0 Å². The molecule has 0 spiro atoms. The molecule has 1 saturated heterocycles. The molecule has 0 amide bonds. The highest BCUT2D eigenvalue weighted by atomic mass is 16.5. The molecule has 132 valence electrons. The summed E-state index contributed by atoms with van der Waals surface area (Å²) in [6.45, 7) is 4.65. The van der Waals surface area contributed by atoms with Crippen LogP contribution in [0, 0.1) is 0 Å². The monoisotopic (exact) mass is 334 g/mol. The first kappa shape index (κ1) is 18.4. The number of benzene rings is 1. The highest BCUT2D eigenvalue weighted by Crippen LogP contribution is 2.20. The summed E-state index contributed by atoms with van der Waals surface area (Å²) in [4.78, 5) is 27.8. The van der Waals surface area contributed by atoms with Crippen molar-refractivity contribution in [2.75, 3.05) is 33.9 Å². The molecule has 0 aliphatic carbocycles. The van der Waals surface area contributed by atoms with Crippen LogP contribution in [-0.2, 0) is 25.6 Å². The Kier molecular flexibility index (Phi) is 6.75. The van der Waals surface area contributed by atoms with E-state index in [1.165, 1.54) is 19.8 Å². The van der Waals surface area contributed by atoms with E-state index >= 15 is 0 Å². The molecule has 1 aliphatic rings. The summed E-state index contributed by atoms with van der Waals surface area (Å²) in [5.41, 5.74) is 1.24. The van der Waals surface area contributed by atoms with Crippen LogP contribution in [-0.4, -0.2) is 67.7 Å². The van der Waals surface area contributed by atoms with Crippen molar-refractivity contribution in [1.82, 2.24) is 9.80 Å². The molecule has 1 aromatic carbocycles. The van der Waals surface area contributed by atoms with Crippen LogP contribution in [0.1, 0.15) is 18.9 Å². The number of carbonyl (C=O) groups is 2. The number of esters is 2. The number of piperazine rings is 1. The smallest absolute Gasteiger partial charge is 0.319 e. The molecule has 6 heteroatoms. The van der Waals surface area contributed by atoms with Crippen LogP contribution in [0.3, 0.4) is 0 Å². The lowest BCUT2D eigenvalue weighted by Gasteiger charge is -2.45. The first-order chi connectivity index (χ1) is 11.5. The Hall–Kier alpha value is -1.92. The largest absolute Gasteiger partial charge is 0.469 e. The normalized spacial score (nSPS) is 22.1. The van der Waals surface area contributed by atoms with Crippen molar-refractivity contribution in [3.05, 3.63) is 35.9 Å². The maximum atomic E-state index is 11.8. The van der Waals surface area contributed by atoms with E-state index in [0.29, 0.717) is 6.54 Å². The van der Waals surface area contributed by atoms with E-state index in [9.17, 15) is 9.59 Å². The predicted octanol–water partition coefficient (Wildman–Crippen LogP) is 1.30. The lowest BCUT2D eigenvalue weighted by molar-refractivity contribution is -0.148. The fourth-order valence-corrected chi connectivity index (χ4v) is 3.24. The van der Waals surface area contributed by atoms with Gasteiger partial charge in [-0.1, -0.05) is 30.3 Å². The standard InChI is InChI=1S/C18H26N2O4/c1-14-10-19(11-15-7-5-4-6-8-15)12-16(9-17(21)23-2)20(14)13-18(22)24-3/h4-8,14,16H,9-13H2,1-3H3/t14-,16+/m1/s1. The molecule has 2 atom stereocenters. The van der Waals surface area contributed by atoms with Crippen molar-refractivity contribution in [1.29, 1.82) is 0 Å². The molecule has 0 saturated carbocycles. The van der Waals surface area contributed by atoms with E-state index in [2.05, 4.69) is 24.0 Å². The molecule has 0 radical (unpaired) electrons. The van der Waals surface area contributed by atoms with Crippen LogP contribution in [0.25, 0.3) is 0 Å². The molecule has 1 heterocycles. The number of methoxy groups -OCH3 is 2. The molecular formula is C18H26N2O4. The summed E-state index contributed by atoms with van der Waals surface area (Å²) >= 11 is 0. The van der Waals surface area contributed by atoms with Crippen LogP contribution in [0.4, 0.5) is 0 Å². The minimum absolute atomic E-state index is 0.0657. The van der Waals surface area contributed by atoms with E-state index in [4.69, 9.17) is 9.47 Å². The van der Waals surface area contributed by atoms with Crippen LogP contribution in [0.15, 0.2) is 30.3 Å². The lowest BCUT2D eigenvalue weighted by Crippen LogP contribution is -2.59. The Bertz CT molecular complexity index is 549. The van der Waals surface area contributed by atoms with Crippen molar-refractivity contribution in [2.24, 2.45) is 0 Å². The zero-order valence-electron chi connectivity index (χ0n) is 14.6. The second kappa shape index (κ2) is 8.80. The van der Waals surface area contributed by atoms with Crippen LogP contribution >= 0.6 is 0 Å². The number of carbonyl (C=O) groups excluding carboxylic acids is 2. The second-order valence-electron chi connectivity index (χ2n) is 6.21. The predicted molar refractivity (Wildman–Crippen MR) is 90.3 cm³/mol. The third kappa shape index (κ3) is 5.04. The Labute approximate surface area is 143 Å². The molecule has 0 bridgehead atoms. The summed E-state index contributed by atoms with van der Waals surface area (Å²) < 4.78 is 9.61. The van der Waals surface area contributed by atoms with E-state index < -0.39 is 0 Å². The summed E-state index contributed by atoms with van der Waals surface area (Å²) in [6.07, 6.45) is 0.267. The Morgan fingerprint density at radius 1 is 1.08 bits per heavy atom. The molecule has 24 heavy (non-hydrogen) atoms. The highest BCUT2D eigenvalue weighted by Gasteiger charge is 2.34. The Morgan fingerprint density at radius 2 is 1.75 bits per heavy atom. The number of hydrogen-bond donors (Lipinski definition) is 0. The molecule has 2 rings (SSSR count). The third-order valence-corrected chi connectivity index (χ3v) is 4.44. The lowest BCUT2D eigenvalue weighted by atomic mass is 10.0. The molecule has 1 aromatic rings. The zero-order valence-corrected chi connectivity index (χ0v) is 14.6. The van der Waals surface area contributed by atoms with E-state index in [0.717, 1.165) is 13.1 Å². The van der Waals surface area contributed by atoms with Crippen molar-refractivity contribution in [3.8, 4) is 0 Å². The van der Waals surface area contributed by atoms with Gasteiger partial charge in [-0.2, -0.15) is 0 Å². The summed E-state index contributed by atoms with van der Waals surface area (Å²) in [5.74, 6) is -0.545. The van der Waals surface area contributed by atoms with Gasteiger partial charge in [0.1, 0.15) is 0 Å². The van der Waals surface area contributed by atoms with Gasteiger partial charge in [-0.15, -0.1) is 0 Å². The van der Waals surface area contributed by atoms with Crippen LogP contribution in [0.2, 0.25) is 0 Å². The molecule has 1 fully saturated rings. The average molecular weight is 334 g/mol.